The number of hydrogen-bond donors (Lipinski definition) is 0. The van der Waals surface area contributed by atoms with Crippen LogP contribution in [0.4, 0.5) is 0 Å². The van der Waals surface area contributed by atoms with Gasteiger partial charge in [0.1, 0.15) is 11.0 Å². The number of aryl methyl sites for hydroxylation is 1. The molecule has 0 amide bonds. The Balaban J connectivity index is 2.59. The van der Waals surface area contributed by atoms with E-state index >= 15 is 0 Å². The Morgan fingerprint density at radius 2 is 1.80 bits per heavy atom. The Labute approximate surface area is 97.9 Å². The van der Waals surface area contributed by atoms with Crippen molar-refractivity contribution in [2.45, 2.75) is 6.92 Å². The van der Waals surface area contributed by atoms with Gasteiger partial charge in [-0.15, -0.1) is 0 Å². The molecule has 15 heavy (non-hydrogen) atoms. The Hall–Kier alpha value is -1.12. The quantitative estimate of drug-likeness (QED) is 0.708. The van der Waals surface area contributed by atoms with Crippen LogP contribution in [0, 0.1) is 6.92 Å². The maximum atomic E-state index is 6.06. The topological polar surface area (TPSA) is 25.8 Å². The summed E-state index contributed by atoms with van der Waals surface area (Å²) in [7, 11) is 0. The monoisotopic (exact) mass is 238 g/mol. The van der Waals surface area contributed by atoms with Crippen LogP contribution in [0.3, 0.4) is 0 Å². The van der Waals surface area contributed by atoms with E-state index in [0.717, 1.165) is 11.3 Å². The van der Waals surface area contributed by atoms with E-state index in [9.17, 15) is 0 Å². The summed E-state index contributed by atoms with van der Waals surface area (Å²) >= 11 is 11.9. The second-order valence-electron chi connectivity index (χ2n) is 3.10. The van der Waals surface area contributed by atoms with Gasteiger partial charge >= 0.3 is 0 Å². The molecule has 0 saturated heterocycles. The molecule has 1 aromatic heterocycles. The summed E-state index contributed by atoms with van der Waals surface area (Å²) in [5, 5.41) is 1.09. The summed E-state index contributed by atoms with van der Waals surface area (Å²) in [5.74, 6) is 0.636. The molecule has 2 rings (SSSR count). The van der Waals surface area contributed by atoms with Crippen molar-refractivity contribution >= 4 is 23.2 Å². The Morgan fingerprint density at radius 1 is 1.07 bits per heavy atom. The fourth-order valence-corrected chi connectivity index (χ4v) is 1.80. The molecule has 0 radical (unpaired) electrons. The van der Waals surface area contributed by atoms with Crippen molar-refractivity contribution in [1.29, 1.82) is 0 Å². The fraction of sp³-hybridized carbons (Fsp3) is 0.0909. The SMILES string of the molecule is Cc1nc(Cl)cc(-c2ccccc2Cl)n1. The summed E-state index contributed by atoms with van der Waals surface area (Å²) in [6.45, 7) is 1.80. The van der Waals surface area contributed by atoms with Gasteiger partial charge in [0.2, 0.25) is 0 Å². The lowest BCUT2D eigenvalue weighted by Crippen LogP contribution is -1.91. The highest BCUT2D eigenvalue weighted by molar-refractivity contribution is 6.33. The predicted molar refractivity (Wildman–Crippen MR) is 62.2 cm³/mol. The third kappa shape index (κ3) is 2.28. The molecule has 0 aliphatic carbocycles. The highest BCUT2D eigenvalue weighted by Crippen LogP contribution is 2.27. The van der Waals surface area contributed by atoms with Crippen molar-refractivity contribution in [3.8, 4) is 11.3 Å². The van der Waals surface area contributed by atoms with Gasteiger partial charge < -0.3 is 0 Å². The zero-order chi connectivity index (χ0) is 10.8. The molecule has 0 unspecified atom stereocenters. The molecule has 2 nitrogen and oxygen atoms in total. The van der Waals surface area contributed by atoms with E-state index in [-0.39, 0.29) is 0 Å². The molecule has 0 bridgehead atoms. The highest BCUT2D eigenvalue weighted by atomic mass is 35.5. The number of aromatic nitrogens is 2. The molecule has 2 aromatic rings. The molecular formula is C11H8Cl2N2. The largest absolute Gasteiger partial charge is 0.233 e. The van der Waals surface area contributed by atoms with E-state index in [2.05, 4.69) is 9.97 Å². The first-order chi connectivity index (χ1) is 7.16. The first-order valence-electron chi connectivity index (χ1n) is 4.43. The molecular weight excluding hydrogens is 231 g/mol. The van der Waals surface area contributed by atoms with Gasteiger partial charge in [-0.1, -0.05) is 41.4 Å². The van der Waals surface area contributed by atoms with E-state index in [1.54, 1.807) is 13.0 Å². The van der Waals surface area contributed by atoms with Gasteiger partial charge in [0.25, 0.3) is 0 Å². The van der Waals surface area contributed by atoms with E-state index in [1.807, 2.05) is 24.3 Å². The van der Waals surface area contributed by atoms with E-state index in [0.29, 0.717) is 16.0 Å². The molecule has 0 spiro atoms. The van der Waals surface area contributed by atoms with Crippen LogP contribution in [0.1, 0.15) is 5.82 Å². The molecule has 0 atom stereocenters. The highest BCUT2D eigenvalue weighted by Gasteiger charge is 2.06. The minimum Gasteiger partial charge on any atom is -0.233 e. The van der Waals surface area contributed by atoms with Crippen molar-refractivity contribution in [3.63, 3.8) is 0 Å². The molecule has 1 aromatic carbocycles. The van der Waals surface area contributed by atoms with Crippen LogP contribution in [0.2, 0.25) is 10.2 Å². The Morgan fingerprint density at radius 3 is 2.47 bits per heavy atom. The lowest BCUT2D eigenvalue weighted by atomic mass is 10.1. The molecule has 4 heteroatoms. The van der Waals surface area contributed by atoms with Crippen molar-refractivity contribution in [3.05, 3.63) is 46.3 Å². The predicted octanol–water partition coefficient (Wildman–Crippen LogP) is 3.76. The average molecular weight is 239 g/mol. The Bertz CT molecular complexity index is 477. The number of hydrogen-bond acceptors (Lipinski definition) is 2. The lowest BCUT2D eigenvalue weighted by molar-refractivity contribution is 1.06. The van der Waals surface area contributed by atoms with Crippen LogP contribution in [0.5, 0.6) is 0 Å². The summed E-state index contributed by atoms with van der Waals surface area (Å²) in [6, 6.07) is 9.21. The van der Waals surface area contributed by atoms with Gasteiger partial charge in [-0.05, 0) is 13.0 Å². The van der Waals surface area contributed by atoms with Gasteiger partial charge in [-0.3, -0.25) is 0 Å². The third-order valence-electron chi connectivity index (χ3n) is 1.96. The minimum atomic E-state index is 0.428. The Kier molecular flexibility index (Phi) is 2.89. The molecule has 0 N–H and O–H groups in total. The van der Waals surface area contributed by atoms with Crippen LogP contribution < -0.4 is 0 Å². The number of rotatable bonds is 1. The standard InChI is InChI=1S/C11H8Cl2N2/c1-7-14-10(6-11(13)15-7)8-4-2-3-5-9(8)12/h2-6H,1H3. The van der Waals surface area contributed by atoms with E-state index in [4.69, 9.17) is 23.2 Å². The fourth-order valence-electron chi connectivity index (χ4n) is 1.34. The van der Waals surface area contributed by atoms with Crippen LogP contribution in [0.15, 0.2) is 30.3 Å². The first kappa shape index (κ1) is 10.4. The smallest absolute Gasteiger partial charge is 0.133 e. The van der Waals surface area contributed by atoms with Crippen molar-refractivity contribution in [2.24, 2.45) is 0 Å². The zero-order valence-corrected chi connectivity index (χ0v) is 9.55. The molecule has 0 aliphatic heterocycles. The zero-order valence-electron chi connectivity index (χ0n) is 8.04. The third-order valence-corrected chi connectivity index (χ3v) is 2.48. The normalized spacial score (nSPS) is 10.3. The van der Waals surface area contributed by atoms with E-state index in [1.165, 1.54) is 0 Å². The van der Waals surface area contributed by atoms with Crippen LogP contribution >= 0.6 is 23.2 Å². The molecule has 0 fully saturated rings. The summed E-state index contributed by atoms with van der Waals surface area (Å²) in [4.78, 5) is 8.29. The average Bonchev–Trinajstić information content (AvgIpc) is 2.16. The van der Waals surface area contributed by atoms with Crippen LogP contribution in [0.25, 0.3) is 11.3 Å². The van der Waals surface area contributed by atoms with Crippen molar-refractivity contribution in [2.75, 3.05) is 0 Å². The molecule has 1 heterocycles. The van der Waals surface area contributed by atoms with Gasteiger partial charge in [0.15, 0.2) is 0 Å². The van der Waals surface area contributed by atoms with Gasteiger partial charge in [-0.25, -0.2) is 9.97 Å². The van der Waals surface area contributed by atoms with Gasteiger partial charge in [0.05, 0.1) is 5.69 Å². The summed E-state index contributed by atoms with van der Waals surface area (Å²) < 4.78 is 0. The molecule has 0 saturated carbocycles. The second kappa shape index (κ2) is 4.17. The van der Waals surface area contributed by atoms with Crippen molar-refractivity contribution in [1.82, 2.24) is 9.97 Å². The van der Waals surface area contributed by atoms with Gasteiger partial charge in [0, 0.05) is 16.7 Å². The number of nitrogens with zero attached hydrogens (tertiary/aromatic N) is 2. The number of benzene rings is 1. The summed E-state index contributed by atoms with van der Waals surface area (Å²) in [6.07, 6.45) is 0. The summed E-state index contributed by atoms with van der Waals surface area (Å²) in [5.41, 5.74) is 1.62. The maximum Gasteiger partial charge on any atom is 0.133 e. The minimum absolute atomic E-state index is 0.428. The van der Waals surface area contributed by atoms with Crippen LogP contribution in [-0.2, 0) is 0 Å². The van der Waals surface area contributed by atoms with Crippen molar-refractivity contribution < 1.29 is 0 Å². The number of halogens is 2. The van der Waals surface area contributed by atoms with Crippen LogP contribution in [-0.4, -0.2) is 9.97 Å². The second-order valence-corrected chi connectivity index (χ2v) is 3.90. The van der Waals surface area contributed by atoms with E-state index < -0.39 is 0 Å². The lowest BCUT2D eigenvalue weighted by Gasteiger charge is -2.04. The molecule has 0 aliphatic rings. The first-order valence-corrected chi connectivity index (χ1v) is 5.18. The molecule has 76 valence electrons. The maximum absolute atomic E-state index is 6.06. The van der Waals surface area contributed by atoms with Gasteiger partial charge in [-0.2, -0.15) is 0 Å².